The molecule has 444 valence electrons. The molecular formula is C64H80O18. The van der Waals surface area contributed by atoms with Crippen molar-refractivity contribution in [2.75, 3.05) is 14.2 Å². The van der Waals surface area contributed by atoms with Crippen molar-refractivity contribution >= 4 is 35.8 Å². The van der Waals surface area contributed by atoms with Crippen LogP contribution < -0.4 is 0 Å². The molecule has 8 aliphatic carbocycles. The number of carbonyl (C=O) groups is 6. The zero-order valence-electron chi connectivity index (χ0n) is 49.2. The van der Waals surface area contributed by atoms with Crippen LogP contribution in [-0.2, 0) is 66.7 Å². The third kappa shape index (κ3) is 6.56. The monoisotopic (exact) mass is 1140 g/mol. The highest BCUT2D eigenvalue weighted by Crippen LogP contribution is 2.88. The van der Waals surface area contributed by atoms with Crippen molar-refractivity contribution in [3.8, 4) is 0 Å². The van der Waals surface area contributed by atoms with Crippen molar-refractivity contribution in [2.24, 2.45) is 79.8 Å². The predicted molar refractivity (Wildman–Crippen MR) is 286 cm³/mol. The first-order valence-corrected chi connectivity index (χ1v) is 29.7. The van der Waals surface area contributed by atoms with E-state index in [2.05, 4.69) is 41.5 Å². The maximum absolute atomic E-state index is 13.2. The Morgan fingerprint density at radius 1 is 0.598 bits per heavy atom. The van der Waals surface area contributed by atoms with Crippen LogP contribution >= 0.6 is 0 Å². The number of hydrogen-bond acceptors (Lipinski definition) is 18. The number of cyclic esters (lactones) is 2. The van der Waals surface area contributed by atoms with Crippen LogP contribution in [0.1, 0.15) is 157 Å². The van der Waals surface area contributed by atoms with Crippen molar-refractivity contribution in [3.05, 3.63) is 71.6 Å². The third-order valence-electron chi connectivity index (χ3n) is 25.8. The lowest BCUT2D eigenvalue weighted by Gasteiger charge is -2.65. The van der Waals surface area contributed by atoms with E-state index in [1.165, 1.54) is 14.2 Å². The summed E-state index contributed by atoms with van der Waals surface area (Å²) in [5.74, 6) is -4.28. The number of esters is 6. The lowest BCUT2D eigenvalue weighted by Crippen LogP contribution is -2.72. The summed E-state index contributed by atoms with van der Waals surface area (Å²) in [5, 5.41) is 25.6. The van der Waals surface area contributed by atoms with E-state index in [4.69, 9.17) is 46.7 Å². The van der Waals surface area contributed by atoms with Gasteiger partial charge in [-0.25, -0.2) is 9.59 Å². The van der Waals surface area contributed by atoms with Crippen LogP contribution in [-0.4, -0.2) is 107 Å². The molecule has 4 bridgehead atoms. The Morgan fingerprint density at radius 3 is 1.30 bits per heavy atom. The van der Waals surface area contributed by atoms with Gasteiger partial charge < -0.3 is 56.9 Å². The van der Waals surface area contributed by atoms with Crippen LogP contribution in [0.2, 0.25) is 0 Å². The van der Waals surface area contributed by atoms with Crippen molar-refractivity contribution in [1.29, 1.82) is 0 Å². The van der Waals surface area contributed by atoms with E-state index in [1.807, 2.05) is 12.1 Å². The number of hydrogen-bond donors (Lipinski definition) is 2. The number of epoxide rings is 2. The number of carbonyl (C=O) groups excluding carboxylic acids is 6. The summed E-state index contributed by atoms with van der Waals surface area (Å²) < 4.78 is 59.3. The fraction of sp³-hybridized carbons (Fsp3) is 0.719. The van der Waals surface area contributed by atoms with Crippen molar-refractivity contribution < 1.29 is 85.7 Å². The maximum atomic E-state index is 13.2. The number of ether oxygens (including phenoxy) is 8. The van der Waals surface area contributed by atoms with Gasteiger partial charge in [-0.15, -0.1) is 0 Å². The van der Waals surface area contributed by atoms with Gasteiger partial charge in [-0.2, -0.15) is 0 Å². The summed E-state index contributed by atoms with van der Waals surface area (Å²) in [6, 6.07) is 3.70. The van der Waals surface area contributed by atoms with Gasteiger partial charge in [0.05, 0.1) is 87.4 Å². The zero-order valence-corrected chi connectivity index (χ0v) is 49.2. The van der Waals surface area contributed by atoms with E-state index in [1.54, 1.807) is 64.9 Å². The van der Waals surface area contributed by atoms with E-state index in [0.717, 1.165) is 36.8 Å². The van der Waals surface area contributed by atoms with Crippen molar-refractivity contribution in [1.82, 2.24) is 0 Å². The van der Waals surface area contributed by atoms with Crippen LogP contribution in [0.15, 0.2) is 69.3 Å². The molecule has 82 heavy (non-hydrogen) atoms. The molecule has 0 radical (unpaired) electrons. The number of methoxy groups -OCH3 is 2. The fourth-order valence-electron chi connectivity index (χ4n) is 22.1. The molecule has 2 aromatic heterocycles. The Bertz CT molecular complexity index is 2910. The van der Waals surface area contributed by atoms with Crippen LogP contribution in [0.5, 0.6) is 0 Å². The third-order valence-corrected chi connectivity index (χ3v) is 25.8. The van der Waals surface area contributed by atoms with Gasteiger partial charge in [-0.1, -0.05) is 53.7 Å². The molecule has 6 heterocycles. The van der Waals surface area contributed by atoms with Crippen LogP contribution in [0.3, 0.4) is 0 Å². The molecule has 0 aromatic carbocycles. The van der Waals surface area contributed by atoms with Gasteiger partial charge in [0.1, 0.15) is 35.6 Å². The van der Waals surface area contributed by atoms with Crippen molar-refractivity contribution in [2.45, 2.75) is 192 Å². The van der Waals surface area contributed by atoms with Crippen LogP contribution in [0.25, 0.3) is 0 Å². The Morgan fingerprint density at radius 2 is 0.976 bits per heavy atom. The minimum absolute atomic E-state index is 0.0966. The summed E-state index contributed by atoms with van der Waals surface area (Å²) >= 11 is 0. The Labute approximate surface area is 478 Å². The Balaban J connectivity index is 0.000000154. The summed E-state index contributed by atoms with van der Waals surface area (Å²) in [5.41, 5.74) is -4.83. The summed E-state index contributed by atoms with van der Waals surface area (Å²) in [4.78, 5) is 78.6. The number of allylic oxidation sites excluding steroid dienone is 2. The van der Waals surface area contributed by atoms with Crippen molar-refractivity contribution in [3.63, 3.8) is 0 Å². The topological polar surface area (TPSA) is 250 Å². The number of fused-ring (bicyclic) bond motifs is 8. The molecular weight excluding hydrogens is 1060 g/mol. The lowest BCUT2D eigenvalue weighted by molar-refractivity contribution is -0.249. The molecule has 4 saturated heterocycles. The van der Waals surface area contributed by atoms with Gasteiger partial charge in [0.15, 0.2) is 0 Å². The number of furan rings is 2. The summed E-state index contributed by atoms with van der Waals surface area (Å²) in [7, 11) is 2.76. The maximum Gasteiger partial charge on any atom is 0.333 e. The molecule has 18 nitrogen and oxygen atoms in total. The van der Waals surface area contributed by atoms with Gasteiger partial charge >= 0.3 is 35.8 Å². The van der Waals surface area contributed by atoms with Gasteiger partial charge in [0.25, 0.3) is 0 Å². The molecule has 0 unspecified atom stereocenters. The SMILES string of the molecule is C/C=C(\C)C(=O)O[C@H]1[C@H]2[C@@H]3O[C@]34[C@@H](CC[C@]3(C)[C@@H](c5ccoc5)OC(=O)C[C@@H]34)[C@@]3(C)[C@H](CC(=O)OC)[C@]1(C)C[C@@]23O.C/C=C(\C)C(=O)O[C@H]1[C@H]2[C@@H]3O[C@]34[C@@H](CC[C@]3(C)[C@@H](c5ccoc5)OC(=O)C[C@@H]34)[C@@]3(C)[C@H](CC(=O)OC)[C@]1(C)C[C@@]23O. The first-order chi connectivity index (χ1) is 38.6. The summed E-state index contributed by atoms with van der Waals surface area (Å²) in [6.07, 6.45) is 11.3. The van der Waals surface area contributed by atoms with Crippen LogP contribution in [0, 0.1) is 79.8 Å². The van der Waals surface area contributed by atoms with E-state index in [-0.39, 0.29) is 97.3 Å². The van der Waals surface area contributed by atoms with Gasteiger partial charge in [-0.3, -0.25) is 19.2 Å². The van der Waals surface area contributed by atoms with Gasteiger partial charge in [-0.05, 0) is 102 Å². The molecule has 8 saturated carbocycles. The second-order valence-corrected chi connectivity index (χ2v) is 28.4. The molecule has 2 N–H and O–H groups in total. The normalized spacial score (nSPS) is 50.8. The Kier molecular flexibility index (Phi) is 12.0. The highest BCUT2D eigenvalue weighted by molar-refractivity contribution is 5.88. The molecule has 18 heteroatoms. The second-order valence-electron chi connectivity index (χ2n) is 28.4. The number of rotatable bonds is 10. The fourth-order valence-corrected chi connectivity index (χ4v) is 22.1. The quantitative estimate of drug-likeness (QED) is 0.0978. The molecule has 12 aliphatic rings. The smallest absolute Gasteiger partial charge is 0.333 e. The van der Waals surface area contributed by atoms with E-state index in [9.17, 15) is 39.0 Å². The molecule has 12 fully saturated rings. The van der Waals surface area contributed by atoms with E-state index >= 15 is 0 Å². The molecule has 0 amide bonds. The summed E-state index contributed by atoms with van der Waals surface area (Å²) in [6.45, 7) is 19.7. The molecule has 14 rings (SSSR count). The number of aliphatic hydroxyl groups is 2. The minimum atomic E-state index is -1.21. The van der Waals surface area contributed by atoms with Gasteiger partial charge in [0, 0.05) is 79.4 Å². The van der Waals surface area contributed by atoms with E-state index < -0.39 is 103 Å². The standard InChI is InChI=1S/2C32H40O9/c2*1-7-16(2)27(35)40-25-23-26-32(41-26)18(30(5)19(12-21(33)37-6)29(25,4)15-31(23,30)36)8-10-28(3)20(32)13-22(34)39-24(28)17-9-11-38-14-17/h2*7,9,11,14,18-20,23-26,36H,8,10,12-13,15H2,1-6H3/b2*16-7+/t2*18-,19+,20-,23-,24+,25-,26-,28-,29-,30-,31+,32-/m00/s1. The van der Waals surface area contributed by atoms with E-state index in [0.29, 0.717) is 24.0 Å². The first-order valence-electron chi connectivity index (χ1n) is 29.7. The first kappa shape index (κ1) is 55.9. The lowest BCUT2D eigenvalue weighted by atomic mass is 9.39. The second kappa shape index (κ2) is 17.7. The average molecular weight is 1140 g/mol. The zero-order chi connectivity index (χ0) is 58.7. The molecule has 2 spiro atoms. The molecule has 24 atom stereocenters. The van der Waals surface area contributed by atoms with Gasteiger partial charge in [0.2, 0.25) is 0 Å². The van der Waals surface area contributed by atoms with Crippen LogP contribution in [0.4, 0.5) is 0 Å². The average Bonchev–Trinajstić information content (AvgIpc) is 1.45. The molecule has 4 aliphatic heterocycles. The highest BCUT2D eigenvalue weighted by atomic mass is 16.6. The Hall–Kier alpha value is -5.30. The largest absolute Gasteiger partial charge is 0.472 e. The highest BCUT2D eigenvalue weighted by Gasteiger charge is 2.95. The molecule has 2 aromatic rings. The minimum Gasteiger partial charge on any atom is -0.472 e. The predicted octanol–water partition coefficient (Wildman–Crippen LogP) is 8.57.